The number of nitrogens with one attached hydrogen (secondary N) is 1. The molecule has 1 aliphatic heterocycles. The van der Waals surface area contributed by atoms with Crippen LogP contribution < -0.4 is 5.32 Å². The van der Waals surface area contributed by atoms with E-state index in [0.29, 0.717) is 5.56 Å². The summed E-state index contributed by atoms with van der Waals surface area (Å²) in [6.07, 6.45) is 6.15. The fourth-order valence-electron chi connectivity index (χ4n) is 2.43. The lowest BCUT2D eigenvalue weighted by molar-refractivity contribution is 0.0678. The van der Waals surface area contributed by atoms with Crippen molar-refractivity contribution in [3.63, 3.8) is 0 Å². The van der Waals surface area contributed by atoms with Gasteiger partial charge in [-0.3, -0.25) is 9.78 Å². The van der Waals surface area contributed by atoms with Crippen LogP contribution in [0, 0.1) is 0 Å². The highest BCUT2D eigenvalue weighted by molar-refractivity contribution is 5.99. The Morgan fingerprint density at radius 1 is 1.63 bits per heavy atom. The van der Waals surface area contributed by atoms with Gasteiger partial charge in [0.25, 0.3) is 5.91 Å². The molecule has 2 rings (SSSR count). The Kier molecular flexibility index (Phi) is 4.74. The van der Waals surface area contributed by atoms with Gasteiger partial charge in [0.15, 0.2) is 0 Å². The zero-order valence-electron chi connectivity index (χ0n) is 11.3. The molecule has 0 aromatic carbocycles. The van der Waals surface area contributed by atoms with E-state index >= 15 is 0 Å². The second-order valence-corrected chi connectivity index (χ2v) is 4.83. The number of nitrogens with zero attached hydrogens (tertiary/aromatic N) is 2. The Hall–Kier alpha value is -1.62. The zero-order chi connectivity index (χ0) is 13.7. The van der Waals surface area contributed by atoms with Crippen molar-refractivity contribution in [3.05, 3.63) is 24.0 Å². The summed E-state index contributed by atoms with van der Waals surface area (Å²) in [5, 5.41) is 12.5. The fourth-order valence-corrected chi connectivity index (χ4v) is 2.43. The van der Waals surface area contributed by atoms with Gasteiger partial charge in [0.2, 0.25) is 0 Å². The molecule has 0 aliphatic carbocycles. The van der Waals surface area contributed by atoms with Crippen molar-refractivity contribution >= 4 is 11.6 Å². The number of aliphatic hydroxyl groups excluding tert-OH is 1. The van der Waals surface area contributed by atoms with Gasteiger partial charge in [0.1, 0.15) is 0 Å². The number of hydrogen-bond acceptors (Lipinski definition) is 4. The molecule has 1 atom stereocenters. The van der Waals surface area contributed by atoms with E-state index in [1.54, 1.807) is 23.4 Å². The van der Waals surface area contributed by atoms with Gasteiger partial charge in [-0.2, -0.15) is 0 Å². The van der Waals surface area contributed by atoms with Gasteiger partial charge < -0.3 is 15.3 Å². The number of carbonyl (C=O) groups is 1. The van der Waals surface area contributed by atoms with E-state index in [9.17, 15) is 9.90 Å². The minimum atomic E-state index is -0.0420. The van der Waals surface area contributed by atoms with E-state index in [-0.39, 0.29) is 18.6 Å². The first kappa shape index (κ1) is 13.8. The van der Waals surface area contributed by atoms with Crippen molar-refractivity contribution in [1.82, 2.24) is 9.88 Å². The summed E-state index contributed by atoms with van der Waals surface area (Å²) in [4.78, 5) is 18.4. The molecule has 19 heavy (non-hydrogen) atoms. The van der Waals surface area contributed by atoms with Gasteiger partial charge in [-0.1, -0.05) is 6.92 Å². The second kappa shape index (κ2) is 6.52. The Labute approximate surface area is 113 Å². The maximum Gasteiger partial charge on any atom is 0.256 e. The van der Waals surface area contributed by atoms with Gasteiger partial charge in [-0.25, -0.2) is 0 Å². The van der Waals surface area contributed by atoms with Crippen molar-refractivity contribution in [3.8, 4) is 0 Å². The summed E-state index contributed by atoms with van der Waals surface area (Å²) in [5.74, 6) is -0.0162. The van der Waals surface area contributed by atoms with Gasteiger partial charge in [0.05, 0.1) is 30.1 Å². The first-order chi connectivity index (χ1) is 9.27. The quantitative estimate of drug-likeness (QED) is 0.845. The van der Waals surface area contributed by atoms with Gasteiger partial charge in [-0.15, -0.1) is 0 Å². The number of carbonyl (C=O) groups excluding carboxylic acids is 1. The van der Waals surface area contributed by atoms with Crippen molar-refractivity contribution in [2.75, 3.05) is 25.0 Å². The third-order valence-electron chi connectivity index (χ3n) is 3.47. The van der Waals surface area contributed by atoms with E-state index in [0.717, 1.165) is 38.0 Å². The molecule has 1 aliphatic rings. The van der Waals surface area contributed by atoms with Gasteiger partial charge in [-0.05, 0) is 25.3 Å². The predicted octanol–water partition coefficient (Wildman–Crippen LogP) is 1.50. The lowest BCUT2D eigenvalue weighted by atomic mass is 10.1. The van der Waals surface area contributed by atoms with E-state index in [1.165, 1.54) is 0 Å². The second-order valence-electron chi connectivity index (χ2n) is 4.83. The molecule has 5 heteroatoms. The molecule has 1 amide bonds. The molecule has 0 radical (unpaired) electrons. The molecule has 2 heterocycles. The van der Waals surface area contributed by atoms with E-state index in [1.807, 2.05) is 0 Å². The Morgan fingerprint density at radius 2 is 2.47 bits per heavy atom. The molecule has 2 N–H and O–H groups in total. The van der Waals surface area contributed by atoms with Crippen LogP contribution in [-0.4, -0.2) is 46.6 Å². The summed E-state index contributed by atoms with van der Waals surface area (Å²) >= 11 is 0. The number of aliphatic hydroxyl groups is 1. The summed E-state index contributed by atoms with van der Waals surface area (Å²) in [7, 11) is 0. The molecular formula is C14H21N3O2. The minimum Gasteiger partial charge on any atom is -0.394 e. The Balaban J connectivity index is 2.18. The minimum absolute atomic E-state index is 0.0162. The Morgan fingerprint density at radius 3 is 3.21 bits per heavy atom. The molecule has 1 fully saturated rings. The number of likely N-dealkylation sites (tertiary alicyclic amines) is 1. The lowest BCUT2D eigenvalue weighted by Gasteiger charge is -2.24. The largest absolute Gasteiger partial charge is 0.394 e. The molecule has 1 unspecified atom stereocenters. The van der Waals surface area contributed by atoms with E-state index in [2.05, 4.69) is 17.2 Å². The lowest BCUT2D eigenvalue weighted by Crippen LogP contribution is -2.38. The first-order valence-corrected chi connectivity index (χ1v) is 6.87. The van der Waals surface area contributed by atoms with E-state index < -0.39 is 0 Å². The molecule has 1 saturated heterocycles. The molecule has 0 bridgehead atoms. The van der Waals surface area contributed by atoms with Crippen molar-refractivity contribution < 1.29 is 9.90 Å². The topological polar surface area (TPSA) is 65.5 Å². The molecule has 0 saturated carbocycles. The summed E-state index contributed by atoms with van der Waals surface area (Å²) in [6, 6.07) is 1.70. The zero-order valence-corrected chi connectivity index (χ0v) is 11.3. The van der Waals surface area contributed by atoms with Crippen molar-refractivity contribution in [2.24, 2.45) is 0 Å². The molecule has 1 aromatic rings. The number of anilines is 1. The highest BCUT2D eigenvalue weighted by atomic mass is 16.3. The van der Waals surface area contributed by atoms with Crippen LogP contribution in [0.5, 0.6) is 0 Å². The number of pyridine rings is 1. The number of amides is 1. The van der Waals surface area contributed by atoms with Crippen molar-refractivity contribution in [1.29, 1.82) is 0 Å². The third-order valence-corrected chi connectivity index (χ3v) is 3.47. The predicted molar refractivity (Wildman–Crippen MR) is 74.2 cm³/mol. The summed E-state index contributed by atoms with van der Waals surface area (Å²) in [6.45, 7) is 3.65. The number of hydrogen-bond donors (Lipinski definition) is 2. The van der Waals surface area contributed by atoms with Crippen LogP contribution >= 0.6 is 0 Å². The monoisotopic (exact) mass is 263 g/mol. The van der Waals surface area contributed by atoms with Crippen LogP contribution in [0.15, 0.2) is 18.5 Å². The fraction of sp³-hybridized carbons (Fsp3) is 0.571. The average Bonchev–Trinajstić information content (AvgIpc) is 2.93. The van der Waals surface area contributed by atoms with Gasteiger partial charge in [0, 0.05) is 19.3 Å². The molecular weight excluding hydrogens is 242 g/mol. The standard InChI is InChI=1S/C14H21N3O2/c1-2-6-16-13-9-15-7-5-12(13)14(19)17-8-3-4-11(17)10-18/h5,7,9,11,16,18H,2-4,6,8,10H2,1H3. The Bertz CT molecular complexity index is 436. The van der Waals surface area contributed by atoms with Crippen LogP contribution in [0.4, 0.5) is 5.69 Å². The van der Waals surface area contributed by atoms with Crippen LogP contribution in [0.2, 0.25) is 0 Å². The number of aromatic nitrogens is 1. The summed E-state index contributed by atoms with van der Waals surface area (Å²) < 4.78 is 0. The molecule has 5 nitrogen and oxygen atoms in total. The number of rotatable bonds is 5. The van der Waals surface area contributed by atoms with Crippen LogP contribution in [0.3, 0.4) is 0 Å². The highest BCUT2D eigenvalue weighted by Crippen LogP contribution is 2.23. The van der Waals surface area contributed by atoms with Crippen LogP contribution in [-0.2, 0) is 0 Å². The highest BCUT2D eigenvalue weighted by Gasteiger charge is 2.29. The van der Waals surface area contributed by atoms with E-state index in [4.69, 9.17) is 0 Å². The molecule has 0 spiro atoms. The third kappa shape index (κ3) is 3.04. The SMILES string of the molecule is CCCNc1cnccc1C(=O)N1CCCC1CO. The maximum absolute atomic E-state index is 12.5. The summed E-state index contributed by atoms with van der Waals surface area (Å²) in [5.41, 5.74) is 1.42. The molecule has 1 aromatic heterocycles. The maximum atomic E-state index is 12.5. The average molecular weight is 263 g/mol. The smallest absolute Gasteiger partial charge is 0.256 e. The van der Waals surface area contributed by atoms with Crippen molar-refractivity contribution in [2.45, 2.75) is 32.2 Å². The van der Waals surface area contributed by atoms with Gasteiger partial charge >= 0.3 is 0 Å². The molecule has 104 valence electrons. The first-order valence-electron chi connectivity index (χ1n) is 6.87. The normalized spacial score (nSPS) is 18.6. The van der Waals surface area contributed by atoms with Crippen LogP contribution in [0.25, 0.3) is 0 Å². The van der Waals surface area contributed by atoms with Crippen LogP contribution in [0.1, 0.15) is 36.5 Å².